The standard InChI is InChI=1S/C41H49N9O6/c1-23(2)34(47-40(53)55-5)38(51)49-17-7-9-32(49)36-43-21-30(45-36)26-13-11-25(12-14-26)29-16-15-27(19-28(29)20-42)31-22-44-37(46-31)33-10-8-18-50(33)39(52)35(24(3)4)48-41(54)56-6/h11-16,19,21-24,32-35H,7-10,17-18H2,1-6H3,(H,43,45)(H,44,46)(H,47,53)(H,48,54). The molecule has 0 radical (unpaired) electrons. The number of carbonyl (C=O) groups is 4. The molecule has 294 valence electrons. The van der Waals surface area contributed by atoms with E-state index in [1.165, 1.54) is 14.2 Å². The molecule has 2 aromatic carbocycles. The van der Waals surface area contributed by atoms with Gasteiger partial charge in [-0.3, -0.25) is 9.59 Å². The first-order chi connectivity index (χ1) is 26.9. The number of benzene rings is 2. The molecule has 4 heterocycles. The molecular weight excluding hydrogens is 715 g/mol. The lowest BCUT2D eigenvalue weighted by Crippen LogP contribution is -2.51. The van der Waals surface area contributed by atoms with Crippen LogP contribution < -0.4 is 10.6 Å². The summed E-state index contributed by atoms with van der Waals surface area (Å²) >= 11 is 0. The smallest absolute Gasteiger partial charge is 0.407 e. The number of nitrogens with zero attached hydrogens (tertiary/aromatic N) is 5. The maximum absolute atomic E-state index is 13.6. The molecule has 4 amide bonds. The summed E-state index contributed by atoms with van der Waals surface area (Å²) in [6.07, 6.45) is 5.29. The molecule has 2 aliphatic heterocycles. The number of carbonyl (C=O) groups excluding carboxylic acids is 4. The summed E-state index contributed by atoms with van der Waals surface area (Å²) in [6.45, 7) is 8.64. The minimum atomic E-state index is -0.726. The summed E-state index contributed by atoms with van der Waals surface area (Å²) in [5, 5.41) is 15.5. The fourth-order valence-corrected chi connectivity index (χ4v) is 7.58. The van der Waals surface area contributed by atoms with E-state index in [4.69, 9.17) is 9.47 Å². The molecule has 15 nitrogen and oxygen atoms in total. The number of aromatic nitrogens is 4. The number of alkyl carbamates (subject to hydrolysis) is 2. The lowest BCUT2D eigenvalue weighted by Gasteiger charge is -2.30. The van der Waals surface area contributed by atoms with Crippen LogP contribution in [0.3, 0.4) is 0 Å². The predicted molar refractivity (Wildman–Crippen MR) is 207 cm³/mol. The van der Waals surface area contributed by atoms with Gasteiger partial charge < -0.3 is 39.9 Å². The second-order valence-electron chi connectivity index (χ2n) is 14.9. The topological polar surface area (TPSA) is 198 Å². The van der Waals surface area contributed by atoms with E-state index in [1.54, 1.807) is 22.2 Å². The van der Waals surface area contributed by atoms with Gasteiger partial charge in [0, 0.05) is 18.7 Å². The van der Waals surface area contributed by atoms with E-state index in [1.807, 2.05) is 70.2 Å². The number of nitrogens with one attached hydrogen (secondary N) is 4. The minimum Gasteiger partial charge on any atom is -0.453 e. The maximum atomic E-state index is 13.6. The third kappa shape index (κ3) is 8.24. The fourth-order valence-electron chi connectivity index (χ4n) is 7.58. The van der Waals surface area contributed by atoms with E-state index in [0.29, 0.717) is 30.3 Å². The van der Waals surface area contributed by atoms with Crippen LogP contribution in [0.4, 0.5) is 9.59 Å². The third-order valence-corrected chi connectivity index (χ3v) is 10.6. The SMILES string of the molecule is COC(=O)NC(C(=O)N1CCCC1c1ncc(-c2ccc(-c3ccc(-c4cnc(C5CCCN5C(=O)C(NC(=O)OC)C(C)C)[nH]4)cc3C#N)cc2)[nH]1)C(C)C. The van der Waals surface area contributed by atoms with Crippen molar-refractivity contribution in [3.63, 3.8) is 0 Å². The maximum Gasteiger partial charge on any atom is 0.407 e. The average molecular weight is 764 g/mol. The minimum absolute atomic E-state index is 0.126. The Bertz CT molecular complexity index is 2100. The highest BCUT2D eigenvalue weighted by Gasteiger charge is 2.39. The van der Waals surface area contributed by atoms with E-state index < -0.39 is 24.3 Å². The van der Waals surface area contributed by atoms with Crippen molar-refractivity contribution >= 4 is 24.0 Å². The predicted octanol–water partition coefficient (Wildman–Crippen LogP) is 6.09. The summed E-state index contributed by atoms with van der Waals surface area (Å²) < 4.78 is 9.49. The van der Waals surface area contributed by atoms with E-state index in [2.05, 4.69) is 36.6 Å². The van der Waals surface area contributed by atoms with Crippen molar-refractivity contribution < 1.29 is 28.7 Å². The average Bonchev–Trinajstić information content (AvgIpc) is 4.04. The molecule has 0 spiro atoms. The van der Waals surface area contributed by atoms with Crippen LogP contribution in [0.25, 0.3) is 33.6 Å². The molecule has 4 N–H and O–H groups in total. The van der Waals surface area contributed by atoms with Crippen LogP contribution in [-0.4, -0.2) is 93.1 Å². The first kappa shape index (κ1) is 39.5. The molecule has 0 aliphatic carbocycles. The number of aromatic amines is 2. The number of hydrogen-bond acceptors (Lipinski definition) is 9. The summed E-state index contributed by atoms with van der Waals surface area (Å²) in [6, 6.07) is 13.9. The first-order valence-electron chi connectivity index (χ1n) is 19.0. The Balaban J connectivity index is 1.15. The van der Waals surface area contributed by atoms with Crippen LogP contribution in [0.1, 0.15) is 82.7 Å². The van der Waals surface area contributed by atoms with Crippen molar-refractivity contribution in [2.24, 2.45) is 11.8 Å². The summed E-state index contributed by atoms with van der Waals surface area (Å²) in [5.41, 5.74) is 5.35. The van der Waals surface area contributed by atoms with Crippen LogP contribution in [0, 0.1) is 23.2 Å². The molecular formula is C41H49N9O6. The van der Waals surface area contributed by atoms with Gasteiger partial charge in [-0.25, -0.2) is 19.6 Å². The van der Waals surface area contributed by atoms with E-state index in [0.717, 1.165) is 59.3 Å². The fraction of sp³-hybridized carbons (Fsp3) is 0.439. The van der Waals surface area contributed by atoms with Crippen molar-refractivity contribution in [3.05, 3.63) is 72.1 Å². The molecule has 0 saturated carbocycles. The number of methoxy groups -OCH3 is 2. The molecule has 4 unspecified atom stereocenters. The van der Waals surface area contributed by atoms with Crippen LogP contribution in [0.2, 0.25) is 0 Å². The second-order valence-corrected chi connectivity index (χ2v) is 14.9. The quantitative estimate of drug-likeness (QED) is 0.140. The number of amides is 4. The molecule has 0 bridgehead atoms. The molecule has 4 aromatic rings. The molecule has 15 heteroatoms. The van der Waals surface area contributed by atoms with Crippen molar-refractivity contribution in [2.75, 3.05) is 27.3 Å². The van der Waals surface area contributed by atoms with E-state index in [9.17, 15) is 24.4 Å². The van der Waals surface area contributed by atoms with Crippen molar-refractivity contribution in [3.8, 4) is 39.7 Å². The van der Waals surface area contributed by atoms with Gasteiger partial charge in [0.1, 0.15) is 23.7 Å². The van der Waals surface area contributed by atoms with Gasteiger partial charge in [-0.05, 0) is 60.3 Å². The zero-order valence-electron chi connectivity index (χ0n) is 32.6. The Morgan fingerprint density at radius 2 is 1.18 bits per heavy atom. The highest BCUT2D eigenvalue weighted by molar-refractivity contribution is 5.87. The van der Waals surface area contributed by atoms with Crippen LogP contribution in [-0.2, 0) is 19.1 Å². The second kappa shape index (κ2) is 17.1. The molecule has 6 rings (SSSR count). The van der Waals surface area contributed by atoms with E-state index in [-0.39, 0.29) is 35.7 Å². The van der Waals surface area contributed by atoms with Gasteiger partial charge in [0.05, 0.1) is 61.7 Å². The summed E-state index contributed by atoms with van der Waals surface area (Å²) in [7, 11) is 2.55. The normalized spacial score (nSPS) is 17.8. The summed E-state index contributed by atoms with van der Waals surface area (Å²) in [5.74, 6) is 0.721. The summed E-state index contributed by atoms with van der Waals surface area (Å²) in [4.78, 5) is 70.6. The molecule has 2 fully saturated rings. The van der Waals surface area contributed by atoms with Crippen LogP contribution in [0.5, 0.6) is 0 Å². The third-order valence-electron chi connectivity index (χ3n) is 10.6. The highest BCUT2D eigenvalue weighted by atomic mass is 16.5. The zero-order valence-corrected chi connectivity index (χ0v) is 32.6. The zero-order chi connectivity index (χ0) is 40.1. The van der Waals surface area contributed by atoms with Gasteiger partial charge in [0.25, 0.3) is 0 Å². The van der Waals surface area contributed by atoms with Gasteiger partial charge in [0.2, 0.25) is 11.8 Å². The van der Waals surface area contributed by atoms with Gasteiger partial charge in [-0.2, -0.15) is 5.26 Å². The van der Waals surface area contributed by atoms with Crippen LogP contribution >= 0.6 is 0 Å². The number of nitriles is 1. The Labute approximate surface area is 326 Å². The Morgan fingerprint density at radius 3 is 1.62 bits per heavy atom. The Hall–Kier alpha value is -6.17. The highest BCUT2D eigenvalue weighted by Crippen LogP contribution is 2.36. The first-order valence-corrected chi connectivity index (χ1v) is 19.0. The number of rotatable bonds is 11. The number of H-pyrrole nitrogens is 2. The largest absolute Gasteiger partial charge is 0.453 e. The van der Waals surface area contributed by atoms with Gasteiger partial charge in [0.15, 0.2) is 0 Å². The van der Waals surface area contributed by atoms with Crippen molar-refractivity contribution in [1.82, 2.24) is 40.4 Å². The number of imidazole rings is 2. The molecule has 2 aromatic heterocycles. The molecule has 2 aliphatic rings. The monoisotopic (exact) mass is 763 g/mol. The van der Waals surface area contributed by atoms with Gasteiger partial charge >= 0.3 is 12.2 Å². The van der Waals surface area contributed by atoms with Crippen LogP contribution in [0.15, 0.2) is 54.9 Å². The van der Waals surface area contributed by atoms with Gasteiger partial charge in [-0.15, -0.1) is 0 Å². The Kier molecular flexibility index (Phi) is 12.1. The van der Waals surface area contributed by atoms with Crippen molar-refractivity contribution in [1.29, 1.82) is 5.26 Å². The lowest BCUT2D eigenvalue weighted by atomic mass is 9.96. The lowest BCUT2D eigenvalue weighted by molar-refractivity contribution is -0.136. The van der Waals surface area contributed by atoms with Gasteiger partial charge in [-0.1, -0.05) is 64.1 Å². The molecule has 2 saturated heterocycles. The molecule has 4 atom stereocenters. The number of likely N-dealkylation sites (tertiary alicyclic amines) is 2. The Morgan fingerprint density at radius 1 is 0.732 bits per heavy atom. The van der Waals surface area contributed by atoms with E-state index >= 15 is 0 Å². The van der Waals surface area contributed by atoms with Crippen molar-refractivity contribution in [2.45, 2.75) is 77.5 Å². The molecule has 56 heavy (non-hydrogen) atoms. The number of ether oxygens (including phenoxy) is 2. The number of hydrogen-bond donors (Lipinski definition) is 4.